The number of hydrogen-bond donors (Lipinski definition) is 2. The number of rotatable bonds is 9. The van der Waals surface area contributed by atoms with Crippen LogP contribution in [0.15, 0.2) is 36.8 Å². The second-order valence-electron chi connectivity index (χ2n) is 6.82. The fourth-order valence-corrected chi connectivity index (χ4v) is 2.74. The highest BCUT2D eigenvalue weighted by Gasteiger charge is 2.21. The lowest BCUT2D eigenvalue weighted by Gasteiger charge is -2.14. The Kier molecular flexibility index (Phi) is 6.46. The van der Waals surface area contributed by atoms with Gasteiger partial charge in [0.15, 0.2) is 0 Å². The van der Waals surface area contributed by atoms with Crippen LogP contribution in [0.3, 0.4) is 0 Å². The van der Waals surface area contributed by atoms with Gasteiger partial charge in [-0.25, -0.2) is 18.7 Å². The molecule has 0 fully saturated rings. The van der Waals surface area contributed by atoms with Gasteiger partial charge < -0.3 is 24.7 Å². The van der Waals surface area contributed by atoms with Gasteiger partial charge in [0.2, 0.25) is 5.95 Å². The number of alkyl halides is 2. The molecule has 2 heterocycles. The number of aromatic nitrogens is 4. The molecule has 0 unspecified atom stereocenters. The molecule has 0 radical (unpaired) electrons. The molecule has 0 aliphatic heterocycles. The molecular formula is C20H24F2N6O2. The number of nitrogens with one attached hydrogen (secondary N) is 2. The average Bonchev–Trinajstić information content (AvgIpc) is 3.12. The normalized spacial score (nSPS) is 11.4. The minimum absolute atomic E-state index is 0.0580. The number of nitrogens with zero attached hydrogens (tertiary/aromatic N) is 4. The van der Waals surface area contributed by atoms with Crippen molar-refractivity contribution in [3.8, 4) is 11.4 Å². The van der Waals surface area contributed by atoms with Crippen molar-refractivity contribution < 1.29 is 18.3 Å². The van der Waals surface area contributed by atoms with E-state index in [-0.39, 0.29) is 6.61 Å². The summed E-state index contributed by atoms with van der Waals surface area (Å²) in [5.41, 5.74) is 2.90. The number of benzene rings is 1. The second kappa shape index (κ2) is 9.04. The molecule has 2 N–H and O–H groups in total. The van der Waals surface area contributed by atoms with Crippen molar-refractivity contribution in [3.05, 3.63) is 48.2 Å². The van der Waals surface area contributed by atoms with Crippen molar-refractivity contribution in [1.29, 1.82) is 0 Å². The van der Waals surface area contributed by atoms with Crippen molar-refractivity contribution in [3.63, 3.8) is 0 Å². The number of anilines is 3. The third-order valence-corrected chi connectivity index (χ3v) is 4.07. The van der Waals surface area contributed by atoms with Gasteiger partial charge in [0.1, 0.15) is 18.2 Å². The minimum atomic E-state index is -2.90. The van der Waals surface area contributed by atoms with Crippen molar-refractivity contribution >= 4 is 17.5 Å². The highest BCUT2D eigenvalue weighted by molar-refractivity contribution is 5.62. The van der Waals surface area contributed by atoms with E-state index in [1.807, 2.05) is 35.9 Å². The van der Waals surface area contributed by atoms with E-state index in [9.17, 15) is 8.78 Å². The van der Waals surface area contributed by atoms with Crippen LogP contribution in [-0.4, -0.2) is 46.2 Å². The number of imidazole rings is 1. The van der Waals surface area contributed by atoms with Gasteiger partial charge in [0.05, 0.1) is 37.1 Å². The predicted octanol–water partition coefficient (Wildman–Crippen LogP) is 3.94. The first kappa shape index (κ1) is 21.4. The fourth-order valence-electron chi connectivity index (χ4n) is 2.74. The number of methoxy groups -OCH3 is 1. The maximum Gasteiger partial charge on any atom is 0.268 e. The number of halogens is 2. The number of hydrogen-bond acceptors (Lipinski definition) is 7. The molecule has 1 aromatic carbocycles. The molecule has 0 saturated carbocycles. The van der Waals surface area contributed by atoms with Gasteiger partial charge in [-0.3, -0.25) is 0 Å². The molecule has 0 spiro atoms. The molecular weight excluding hydrogens is 394 g/mol. The smallest absolute Gasteiger partial charge is 0.268 e. The first-order chi connectivity index (χ1) is 14.3. The zero-order valence-electron chi connectivity index (χ0n) is 17.2. The summed E-state index contributed by atoms with van der Waals surface area (Å²) in [7, 11) is 3.30. The first-order valence-electron chi connectivity index (χ1n) is 9.25. The highest BCUT2D eigenvalue weighted by atomic mass is 19.3. The van der Waals surface area contributed by atoms with Crippen LogP contribution in [0.2, 0.25) is 0 Å². The van der Waals surface area contributed by atoms with Gasteiger partial charge in [-0.15, -0.1) is 0 Å². The zero-order chi connectivity index (χ0) is 21.7. The van der Waals surface area contributed by atoms with Crippen molar-refractivity contribution in [1.82, 2.24) is 19.5 Å². The van der Waals surface area contributed by atoms with Gasteiger partial charge in [0, 0.05) is 38.0 Å². The number of ether oxygens (including phenoxy) is 2. The Morgan fingerprint density at radius 1 is 1.20 bits per heavy atom. The monoisotopic (exact) mass is 418 g/mol. The quantitative estimate of drug-likeness (QED) is 0.544. The zero-order valence-corrected chi connectivity index (χ0v) is 17.2. The SMILES string of the molecule is CNc1cc(COCC(C)(F)F)nc(Nc2ccc(-n3cnc(C)c3)c(OC)c2)n1. The van der Waals surface area contributed by atoms with Gasteiger partial charge in [-0.2, -0.15) is 4.98 Å². The Balaban J connectivity index is 1.80. The summed E-state index contributed by atoms with van der Waals surface area (Å²) in [5.74, 6) is -1.42. The molecule has 0 amide bonds. The summed E-state index contributed by atoms with van der Waals surface area (Å²) in [4.78, 5) is 12.9. The van der Waals surface area contributed by atoms with Gasteiger partial charge >= 0.3 is 0 Å². The van der Waals surface area contributed by atoms with E-state index in [0.29, 0.717) is 28.9 Å². The van der Waals surface area contributed by atoms with Crippen LogP contribution in [0.25, 0.3) is 5.69 Å². The highest BCUT2D eigenvalue weighted by Crippen LogP contribution is 2.28. The molecule has 3 aromatic rings. The summed E-state index contributed by atoms with van der Waals surface area (Å²) in [6.45, 7) is 1.98. The summed E-state index contributed by atoms with van der Waals surface area (Å²) in [6, 6.07) is 7.20. The molecule has 3 rings (SSSR count). The summed E-state index contributed by atoms with van der Waals surface area (Å²) >= 11 is 0. The van der Waals surface area contributed by atoms with E-state index < -0.39 is 12.5 Å². The largest absolute Gasteiger partial charge is 0.494 e. The Hall–Kier alpha value is -3.27. The van der Waals surface area contributed by atoms with Crippen LogP contribution >= 0.6 is 0 Å². The molecule has 0 bridgehead atoms. The van der Waals surface area contributed by atoms with Crippen molar-refractivity contribution in [2.75, 3.05) is 31.4 Å². The van der Waals surface area contributed by atoms with Crippen molar-refractivity contribution in [2.24, 2.45) is 0 Å². The molecule has 0 aliphatic carbocycles. The maximum absolute atomic E-state index is 13.0. The van der Waals surface area contributed by atoms with Crippen LogP contribution in [-0.2, 0) is 11.3 Å². The van der Waals surface area contributed by atoms with Crippen molar-refractivity contribution in [2.45, 2.75) is 26.4 Å². The van der Waals surface area contributed by atoms with Gasteiger partial charge in [0.25, 0.3) is 5.92 Å². The molecule has 2 aromatic heterocycles. The molecule has 30 heavy (non-hydrogen) atoms. The molecule has 160 valence electrons. The average molecular weight is 418 g/mol. The third kappa shape index (κ3) is 5.63. The lowest BCUT2D eigenvalue weighted by atomic mass is 10.2. The fraction of sp³-hybridized carbons (Fsp3) is 0.350. The van der Waals surface area contributed by atoms with Crippen LogP contribution in [0.5, 0.6) is 5.75 Å². The lowest BCUT2D eigenvalue weighted by Crippen LogP contribution is -2.18. The first-order valence-corrected chi connectivity index (χ1v) is 9.25. The van der Waals surface area contributed by atoms with Crippen LogP contribution < -0.4 is 15.4 Å². The van der Waals surface area contributed by atoms with E-state index in [1.165, 1.54) is 0 Å². The van der Waals surface area contributed by atoms with E-state index in [2.05, 4.69) is 25.6 Å². The topological polar surface area (TPSA) is 86.1 Å². The van der Waals surface area contributed by atoms with E-state index in [1.54, 1.807) is 26.6 Å². The standard InChI is InChI=1S/C20H24F2N6O2/c1-13-9-28(12-24-13)16-6-5-14(7-17(16)29-4)25-19-26-15(8-18(23-3)27-19)10-30-11-20(2,21)22/h5-9,12H,10-11H2,1-4H3,(H2,23,25,26,27). The summed E-state index contributed by atoms with van der Waals surface area (Å²) < 4.78 is 38.4. The Morgan fingerprint density at radius 2 is 2.00 bits per heavy atom. The molecule has 10 heteroatoms. The van der Waals surface area contributed by atoms with E-state index in [0.717, 1.165) is 18.3 Å². The predicted molar refractivity (Wildman–Crippen MR) is 110 cm³/mol. The minimum Gasteiger partial charge on any atom is -0.494 e. The molecule has 8 nitrogen and oxygen atoms in total. The summed E-state index contributed by atoms with van der Waals surface area (Å²) in [5, 5.41) is 6.04. The van der Waals surface area contributed by atoms with Crippen LogP contribution in [0.1, 0.15) is 18.3 Å². The van der Waals surface area contributed by atoms with E-state index in [4.69, 9.17) is 9.47 Å². The molecule has 0 saturated heterocycles. The number of aryl methyl sites for hydroxylation is 1. The molecule has 0 atom stereocenters. The van der Waals surface area contributed by atoms with Gasteiger partial charge in [-0.05, 0) is 19.1 Å². The third-order valence-electron chi connectivity index (χ3n) is 4.07. The summed E-state index contributed by atoms with van der Waals surface area (Å²) in [6.07, 6.45) is 3.61. The Labute approximate surface area is 173 Å². The Morgan fingerprint density at radius 3 is 2.63 bits per heavy atom. The van der Waals surface area contributed by atoms with Crippen LogP contribution in [0, 0.1) is 6.92 Å². The van der Waals surface area contributed by atoms with Crippen LogP contribution in [0.4, 0.5) is 26.2 Å². The van der Waals surface area contributed by atoms with E-state index >= 15 is 0 Å². The maximum atomic E-state index is 13.0. The lowest BCUT2D eigenvalue weighted by molar-refractivity contribution is -0.0679. The second-order valence-corrected chi connectivity index (χ2v) is 6.82. The van der Waals surface area contributed by atoms with Gasteiger partial charge in [-0.1, -0.05) is 0 Å². The molecule has 0 aliphatic rings. The Bertz CT molecular complexity index is 1000.